The second-order valence-electron chi connectivity index (χ2n) is 14.7. The van der Waals surface area contributed by atoms with Gasteiger partial charge in [0, 0.05) is 64.4 Å². The summed E-state index contributed by atoms with van der Waals surface area (Å²) in [7, 11) is 0. The predicted octanol–water partition coefficient (Wildman–Crippen LogP) is 13.1. The number of ketones is 1. The Bertz CT molecular complexity index is 2140. The van der Waals surface area contributed by atoms with Crippen molar-refractivity contribution >= 4 is 59.0 Å². The Hall–Kier alpha value is -3.31. The van der Waals surface area contributed by atoms with Crippen LogP contribution in [-0.2, 0) is 30.3 Å². The number of aliphatic hydroxyl groups excluding tert-OH is 1. The van der Waals surface area contributed by atoms with Crippen molar-refractivity contribution in [2.75, 3.05) is 0 Å². The summed E-state index contributed by atoms with van der Waals surface area (Å²) in [6, 6.07) is 21.0. The van der Waals surface area contributed by atoms with Crippen LogP contribution in [-0.4, -0.2) is 15.9 Å². The zero-order valence-electron chi connectivity index (χ0n) is 30.6. The molecular formula is C43H50IrNO3S-. The van der Waals surface area contributed by atoms with Crippen LogP contribution >= 0.6 is 11.3 Å². The summed E-state index contributed by atoms with van der Waals surface area (Å²) in [6.07, 6.45) is 8.52. The van der Waals surface area contributed by atoms with Gasteiger partial charge in [-0.2, -0.15) is 0 Å². The fraction of sp³-hybridized carbons (Fsp3) is 0.395. The van der Waals surface area contributed by atoms with Crippen LogP contribution in [0, 0.1) is 23.8 Å². The number of aryl methyl sites for hydroxylation is 1. The van der Waals surface area contributed by atoms with Gasteiger partial charge in [-0.25, -0.2) is 0 Å². The first-order valence-electron chi connectivity index (χ1n) is 17.3. The summed E-state index contributed by atoms with van der Waals surface area (Å²) in [5, 5.41) is 16.2. The van der Waals surface area contributed by atoms with Crippen molar-refractivity contribution in [1.82, 2.24) is 4.98 Å². The van der Waals surface area contributed by atoms with Crippen LogP contribution in [0.5, 0.6) is 0 Å². The maximum absolute atomic E-state index is 12.2. The summed E-state index contributed by atoms with van der Waals surface area (Å²) < 4.78 is 8.31. The number of fused-ring (bicyclic) bond motifs is 6. The van der Waals surface area contributed by atoms with Crippen molar-refractivity contribution in [3.05, 3.63) is 90.0 Å². The monoisotopic (exact) mass is 853 g/mol. The first-order valence-corrected chi connectivity index (χ1v) is 18.1. The summed E-state index contributed by atoms with van der Waals surface area (Å²) >= 11 is 1.77. The van der Waals surface area contributed by atoms with E-state index in [4.69, 9.17) is 9.40 Å². The quantitative estimate of drug-likeness (QED) is 0.0941. The molecule has 0 aliphatic heterocycles. The van der Waals surface area contributed by atoms with Crippen molar-refractivity contribution in [2.45, 2.75) is 100 Å². The van der Waals surface area contributed by atoms with E-state index in [1.807, 2.05) is 54.0 Å². The molecule has 3 aromatic carbocycles. The Kier molecular flexibility index (Phi) is 11.7. The number of carbonyl (C=O) groups excluding carboxylic acids is 1. The molecule has 0 saturated heterocycles. The normalized spacial score (nSPS) is 12.7. The number of benzene rings is 3. The number of hydrogen-bond donors (Lipinski definition) is 1. The smallest absolute Gasteiger partial charge is 0.164 e. The molecule has 6 rings (SSSR count). The molecule has 0 bridgehead atoms. The van der Waals surface area contributed by atoms with Gasteiger partial charge >= 0.3 is 0 Å². The minimum atomic E-state index is -0.337. The predicted molar refractivity (Wildman–Crippen MR) is 205 cm³/mol. The van der Waals surface area contributed by atoms with E-state index in [1.165, 1.54) is 48.1 Å². The van der Waals surface area contributed by atoms with E-state index < -0.39 is 0 Å². The van der Waals surface area contributed by atoms with Gasteiger partial charge in [-0.05, 0) is 55.0 Å². The van der Waals surface area contributed by atoms with Crippen LogP contribution in [0.4, 0.5) is 0 Å². The Labute approximate surface area is 309 Å². The molecule has 6 aromatic rings. The number of aliphatic hydroxyl groups is 1. The molecular weight excluding hydrogens is 803 g/mol. The van der Waals surface area contributed by atoms with Crippen molar-refractivity contribution in [3.63, 3.8) is 0 Å². The standard InChI is InChI=1S/C28H22NOS.C15H28O2.Ir/c1-16-15-30-25-19(16)9-10-21-22-11-12-29-24(26(22)31-27(21)25)18-13-17-7-5-6-8-20(17)23(14-18)28(2,3)4;1-7-14(5,8-2)12(16)11-13(17)15(6,9-3)10-4;/h5-12,14-15H,1-4H3;11,16H,7-10H2,1-6H3;/q-1;;/b;12-11-;. The molecule has 0 aliphatic rings. The van der Waals surface area contributed by atoms with Gasteiger partial charge in [-0.3, -0.25) is 9.78 Å². The molecule has 261 valence electrons. The van der Waals surface area contributed by atoms with E-state index in [0.717, 1.165) is 47.9 Å². The van der Waals surface area contributed by atoms with Gasteiger partial charge in [-0.15, -0.1) is 40.5 Å². The maximum atomic E-state index is 12.2. The van der Waals surface area contributed by atoms with Gasteiger partial charge in [0.05, 0.1) is 11.0 Å². The van der Waals surface area contributed by atoms with E-state index in [9.17, 15) is 9.90 Å². The number of carbonyl (C=O) groups is 1. The molecule has 4 nitrogen and oxygen atoms in total. The molecule has 0 saturated carbocycles. The van der Waals surface area contributed by atoms with E-state index in [-0.39, 0.29) is 47.9 Å². The average molecular weight is 853 g/mol. The molecule has 0 atom stereocenters. The number of pyridine rings is 1. The number of rotatable bonds is 8. The summed E-state index contributed by atoms with van der Waals surface area (Å²) in [5.41, 5.74) is 4.93. The third-order valence-corrected chi connectivity index (χ3v) is 12.0. The molecule has 0 amide bonds. The summed E-state index contributed by atoms with van der Waals surface area (Å²) in [6.45, 7) is 21.0. The average Bonchev–Trinajstić information content (AvgIpc) is 3.67. The Morgan fingerprint density at radius 3 is 2.10 bits per heavy atom. The van der Waals surface area contributed by atoms with Gasteiger partial charge in [0.25, 0.3) is 0 Å². The molecule has 3 heterocycles. The zero-order valence-corrected chi connectivity index (χ0v) is 33.8. The van der Waals surface area contributed by atoms with Gasteiger partial charge < -0.3 is 9.52 Å². The van der Waals surface area contributed by atoms with Crippen molar-refractivity contribution in [1.29, 1.82) is 0 Å². The fourth-order valence-corrected chi connectivity index (χ4v) is 7.52. The number of hydrogen-bond acceptors (Lipinski definition) is 5. The molecule has 0 aliphatic carbocycles. The molecule has 0 unspecified atom stereocenters. The van der Waals surface area contributed by atoms with E-state index >= 15 is 0 Å². The Balaban J connectivity index is 0.000000260. The van der Waals surface area contributed by atoms with Gasteiger partial charge in [-0.1, -0.05) is 104 Å². The minimum absolute atomic E-state index is 0. The number of thiophene rings is 1. The van der Waals surface area contributed by atoms with E-state index in [1.54, 1.807) is 11.3 Å². The second kappa shape index (κ2) is 14.9. The van der Waals surface area contributed by atoms with Crippen LogP contribution in [0.2, 0.25) is 0 Å². The largest absolute Gasteiger partial charge is 0.512 e. The second-order valence-corrected chi connectivity index (χ2v) is 15.7. The van der Waals surface area contributed by atoms with Crippen LogP contribution in [0.15, 0.2) is 77.2 Å². The topological polar surface area (TPSA) is 63.3 Å². The molecule has 1 N–H and O–H groups in total. The number of furan rings is 1. The van der Waals surface area contributed by atoms with Crippen LogP contribution in [0.1, 0.15) is 99.1 Å². The van der Waals surface area contributed by atoms with Gasteiger partial charge in [0.15, 0.2) is 11.4 Å². The third kappa shape index (κ3) is 7.29. The molecule has 1 radical (unpaired) electrons. The zero-order chi connectivity index (χ0) is 35.0. The first-order chi connectivity index (χ1) is 22.7. The van der Waals surface area contributed by atoms with Gasteiger partial charge in [0.2, 0.25) is 0 Å². The first kappa shape index (κ1) is 38.5. The van der Waals surface area contributed by atoms with E-state index in [0.29, 0.717) is 0 Å². The number of allylic oxidation sites excluding steroid dienone is 2. The summed E-state index contributed by atoms with van der Waals surface area (Å²) in [4.78, 5) is 17.0. The third-order valence-electron chi connectivity index (χ3n) is 10.7. The SMILES string of the molecule is CCC(C)(CC)C(=O)/C=C(\O)C(C)(CC)CC.Cc1coc2c1ccc1c3ccnc(-c4[c-]c5ccccc5c(C(C)(C)C)c4)c3sc12.[Ir]. The Morgan fingerprint density at radius 2 is 1.47 bits per heavy atom. The van der Waals surface area contributed by atoms with Crippen molar-refractivity contribution in [3.8, 4) is 11.3 Å². The molecule has 49 heavy (non-hydrogen) atoms. The van der Waals surface area contributed by atoms with E-state index in [2.05, 4.69) is 82.3 Å². The van der Waals surface area contributed by atoms with Gasteiger partial charge in [0.1, 0.15) is 5.76 Å². The number of aromatic nitrogens is 1. The summed E-state index contributed by atoms with van der Waals surface area (Å²) in [5.74, 6) is 0.286. The molecule has 6 heteroatoms. The number of nitrogens with zero attached hydrogens (tertiary/aromatic N) is 1. The molecule has 0 spiro atoms. The van der Waals surface area contributed by atoms with Crippen LogP contribution in [0.25, 0.3) is 53.2 Å². The van der Waals surface area contributed by atoms with Crippen molar-refractivity contribution < 1.29 is 34.4 Å². The maximum Gasteiger partial charge on any atom is 0.164 e. The van der Waals surface area contributed by atoms with Crippen LogP contribution in [0.3, 0.4) is 0 Å². The van der Waals surface area contributed by atoms with Crippen molar-refractivity contribution in [2.24, 2.45) is 10.8 Å². The van der Waals surface area contributed by atoms with Crippen LogP contribution < -0.4 is 0 Å². The minimum Gasteiger partial charge on any atom is -0.512 e. The Morgan fingerprint density at radius 1 is 0.857 bits per heavy atom. The molecule has 3 aromatic heterocycles. The fourth-order valence-electron chi connectivity index (χ4n) is 6.23. The molecule has 0 fully saturated rings.